The highest BCUT2D eigenvalue weighted by Crippen LogP contribution is 2.02. The molecule has 5 nitrogen and oxygen atoms in total. The van der Waals surface area contributed by atoms with Gasteiger partial charge in [-0.3, -0.25) is 9.36 Å². The van der Waals surface area contributed by atoms with E-state index in [2.05, 4.69) is 9.97 Å². The van der Waals surface area contributed by atoms with Crippen molar-refractivity contribution in [2.24, 2.45) is 0 Å². The Morgan fingerprint density at radius 1 is 1.60 bits per heavy atom. The molecule has 0 radical (unpaired) electrons. The molecule has 0 aromatic carbocycles. The molecular weight excluding hydrogens is 214 g/mol. The van der Waals surface area contributed by atoms with Gasteiger partial charge in [0.05, 0.1) is 18.7 Å². The second-order valence-electron chi connectivity index (χ2n) is 3.01. The molecule has 2 aromatic heterocycles. The predicted molar refractivity (Wildman–Crippen MR) is 58.3 cm³/mol. The number of pyridine rings is 1. The van der Waals surface area contributed by atoms with Crippen molar-refractivity contribution < 1.29 is 5.11 Å². The summed E-state index contributed by atoms with van der Waals surface area (Å²) in [6.07, 6.45) is 1.55. The van der Waals surface area contributed by atoms with Crippen LogP contribution in [0.25, 0.3) is 11.0 Å². The highest BCUT2D eigenvalue weighted by molar-refractivity contribution is 7.71. The lowest BCUT2D eigenvalue weighted by molar-refractivity contribution is 0.273. The fraction of sp³-hybridized carbons (Fsp3) is 0.222. The number of hydrogen-bond acceptors (Lipinski definition) is 4. The molecule has 0 fully saturated rings. The third kappa shape index (κ3) is 1.69. The van der Waals surface area contributed by atoms with E-state index in [0.717, 1.165) is 0 Å². The van der Waals surface area contributed by atoms with Crippen LogP contribution < -0.4 is 5.56 Å². The molecule has 0 atom stereocenters. The van der Waals surface area contributed by atoms with Gasteiger partial charge in [0.2, 0.25) is 0 Å². The van der Waals surface area contributed by atoms with Gasteiger partial charge in [0.1, 0.15) is 0 Å². The minimum absolute atomic E-state index is 0.129. The zero-order chi connectivity index (χ0) is 10.8. The summed E-state index contributed by atoms with van der Waals surface area (Å²) in [6, 6.07) is 3.46. The van der Waals surface area contributed by atoms with Crippen molar-refractivity contribution in [3.63, 3.8) is 0 Å². The maximum absolute atomic E-state index is 11.8. The molecule has 0 aliphatic rings. The van der Waals surface area contributed by atoms with Crippen LogP contribution in [0.15, 0.2) is 23.1 Å². The van der Waals surface area contributed by atoms with Gasteiger partial charge in [-0.15, -0.1) is 0 Å². The van der Waals surface area contributed by atoms with Gasteiger partial charge in [-0.25, -0.2) is 4.98 Å². The van der Waals surface area contributed by atoms with Gasteiger partial charge in [-0.2, -0.15) is 0 Å². The van der Waals surface area contributed by atoms with E-state index < -0.39 is 0 Å². The summed E-state index contributed by atoms with van der Waals surface area (Å²) < 4.78 is 1.60. The average Bonchev–Trinajstić information content (AvgIpc) is 2.24. The number of aliphatic hydroxyl groups is 1. The Morgan fingerprint density at radius 2 is 2.40 bits per heavy atom. The van der Waals surface area contributed by atoms with Crippen LogP contribution in [0.2, 0.25) is 0 Å². The first kappa shape index (κ1) is 10.0. The Hall–Kier alpha value is -1.53. The van der Waals surface area contributed by atoms with Crippen LogP contribution in [0.4, 0.5) is 0 Å². The Kier molecular flexibility index (Phi) is 2.61. The van der Waals surface area contributed by atoms with E-state index in [1.165, 1.54) is 4.57 Å². The van der Waals surface area contributed by atoms with Crippen molar-refractivity contribution in [3.8, 4) is 0 Å². The topological polar surface area (TPSA) is 70.9 Å². The van der Waals surface area contributed by atoms with Gasteiger partial charge in [-0.05, 0) is 24.4 Å². The summed E-state index contributed by atoms with van der Waals surface area (Å²) >= 11 is 5.00. The van der Waals surface area contributed by atoms with Crippen molar-refractivity contribution in [3.05, 3.63) is 33.5 Å². The third-order valence-corrected chi connectivity index (χ3v) is 2.39. The van der Waals surface area contributed by atoms with Crippen LogP contribution in [-0.4, -0.2) is 26.2 Å². The number of H-pyrrole nitrogens is 1. The lowest BCUT2D eigenvalue weighted by Crippen LogP contribution is -2.24. The molecule has 0 spiro atoms. The number of fused-ring (bicyclic) bond motifs is 1. The number of rotatable bonds is 2. The lowest BCUT2D eigenvalue weighted by Gasteiger charge is -2.04. The third-order valence-electron chi connectivity index (χ3n) is 2.07. The fourth-order valence-electron chi connectivity index (χ4n) is 1.38. The van der Waals surface area contributed by atoms with E-state index in [4.69, 9.17) is 17.3 Å². The monoisotopic (exact) mass is 223 g/mol. The van der Waals surface area contributed by atoms with Gasteiger partial charge in [0.25, 0.3) is 5.56 Å². The van der Waals surface area contributed by atoms with Crippen molar-refractivity contribution in [1.29, 1.82) is 0 Å². The summed E-state index contributed by atoms with van der Waals surface area (Å²) in [5.41, 5.74) is 0.671. The maximum Gasteiger partial charge on any atom is 0.280 e. The average molecular weight is 223 g/mol. The molecule has 0 aliphatic heterocycles. The van der Waals surface area contributed by atoms with E-state index in [1.54, 1.807) is 18.3 Å². The van der Waals surface area contributed by atoms with Gasteiger partial charge >= 0.3 is 0 Å². The first-order chi connectivity index (χ1) is 7.24. The number of nitrogens with zero attached hydrogens (tertiary/aromatic N) is 2. The summed E-state index contributed by atoms with van der Waals surface area (Å²) in [6.45, 7) is 0.0520. The van der Waals surface area contributed by atoms with E-state index in [0.29, 0.717) is 15.8 Å². The van der Waals surface area contributed by atoms with E-state index >= 15 is 0 Å². The highest BCUT2D eigenvalue weighted by Gasteiger charge is 2.04. The minimum atomic E-state index is -0.275. The fourth-order valence-corrected chi connectivity index (χ4v) is 1.67. The second-order valence-corrected chi connectivity index (χ2v) is 3.40. The quantitative estimate of drug-likeness (QED) is 0.725. The Balaban J connectivity index is 2.85. The van der Waals surface area contributed by atoms with E-state index in [-0.39, 0.29) is 18.7 Å². The number of aromatic nitrogens is 3. The van der Waals surface area contributed by atoms with Crippen LogP contribution in [0.3, 0.4) is 0 Å². The first-order valence-electron chi connectivity index (χ1n) is 4.43. The number of nitrogens with one attached hydrogen (secondary N) is 1. The molecule has 0 amide bonds. The summed E-state index contributed by atoms with van der Waals surface area (Å²) in [5, 5.41) is 8.80. The molecule has 78 valence electrons. The Bertz CT molecular complexity index is 602. The molecule has 15 heavy (non-hydrogen) atoms. The smallest absolute Gasteiger partial charge is 0.280 e. The predicted octanol–water partition coefficient (Wildman–Crippen LogP) is 0.446. The van der Waals surface area contributed by atoms with Crippen molar-refractivity contribution >= 4 is 23.3 Å². The van der Waals surface area contributed by atoms with Gasteiger partial charge < -0.3 is 10.1 Å². The second kappa shape index (κ2) is 3.92. The molecule has 0 unspecified atom stereocenters. The maximum atomic E-state index is 11.8. The van der Waals surface area contributed by atoms with Crippen LogP contribution >= 0.6 is 12.2 Å². The minimum Gasteiger partial charge on any atom is -0.395 e. The molecule has 0 saturated carbocycles. The number of hydrogen-bond donors (Lipinski definition) is 2. The van der Waals surface area contributed by atoms with Crippen molar-refractivity contribution in [2.45, 2.75) is 6.54 Å². The molecule has 2 N–H and O–H groups in total. The standard InChI is InChI=1S/C9H9N3O2S/c13-5-4-12-8(14)7-6(11-9(12)15)2-1-3-10-7/h1-3,13H,4-5H2,(H,11,15). The molecule has 2 heterocycles. The van der Waals surface area contributed by atoms with E-state index in [9.17, 15) is 4.79 Å². The first-order valence-corrected chi connectivity index (χ1v) is 4.83. The van der Waals surface area contributed by atoms with Gasteiger partial charge in [0, 0.05) is 6.20 Å². The number of aromatic amines is 1. The van der Waals surface area contributed by atoms with Crippen LogP contribution in [0.1, 0.15) is 0 Å². The Labute approximate surface area is 90.0 Å². The summed E-state index contributed by atoms with van der Waals surface area (Å²) in [4.78, 5) is 18.7. The van der Waals surface area contributed by atoms with Gasteiger partial charge in [-0.1, -0.05) is 0 Å². The largest absolute Gasteiger partial charge is 0.395 e. The lowest BCUT2D eigenvalue weighted by atomic mass is 10.3. The highest BCUT2D eigenvalue weighted by atomic mass is 32.1. The van der Waals surface area contributed by atoms with Crippen LogP contribution in [0, 0.1) is 4.77 Å². The van der Waals surface area contributed by atoms with Crippen molar-refractivity contribution in [2.75, 3.05) is 6.61 Å². The molecule has 0 bridgehead atoms. The molecule has 0 aliphatic carbocycles. The molecule has 6 heteroatoms. The van der Waals surface area contributed by atoms with Crippen LogP contribution in [0.5, 0.6) is 0 Å². The van der Waals surface area contributed by atoms with Crippen LogP contribution in [-0.2, 0) is 6.54 Å². The zero-order valence-corrected chi connectivity index (χ0v) is 8.62. The summed E-state index contributed by atoms with van der Waals surface area (Å²) in [7, 11) is 0. The van der Waals surface area contributed by atoms with Gasteiger partial charge in [0.15, 0.2) is 10.3 Å². The summed E-state index contributed by atoms with van der Waals surface area (Å²) in [5.74, 6) is 0. The molecular formula is C9H9N3O2S. The normalized spacial score (nSPS) is 10.7. The zero-order valence-electron chi connectivity index (χ0n) is 7.80. The van der Waals surface area contributed by atoms with Crippen molar-refractivity contribution in [1.82, 2.24) is 14.5 Å². The SMILES string of the molecule is O=c1c2ncccc2[nH]c(=S)n1CCO. The Morgan fingerprint density at radius 3 is 3.13 bits per heavy atom. The molecule has 2 aromatic rings. The number of aliphatic hydroxyl groups excluding tert-OH is 1. The molecule has 2 rings (SSSR count). The molecule has 0 saturated heterocycles. The van der Waals surface area contributed by atoms with E-state index in [1.807, 2.05) is 0 Å².